The quantitative estimate of drug-likeness (QED) is 0.831. The number of rotatable bonds is 7. The van der Waals surface area contributed by atoms with Gasteiger partial charge in [-0.1, -0.05) is 37.3 Å². The van der Waals surface area contributed by atoms with Crippen LogP contribution in [0.2, 0.25) is 0 Å². The van der Waals surface area contributed by atoms with Crippen molar-refractivity contribution in [3.63, 3.8) is 0 Å². The normalized spacial score (nSPS) is 10.3. The largest absolute Gasteiger partial charge is 0.494 e. The minimum Gasteiger partial charge on any atom is -0.494 e. The molecule has 0 aliphatic carbocycles. The number of anilines is 1. The van der Waals surface area contributed by atoms with Gasteiger partial charge in [0.05, 0.1) is 6.61 Å². The summed E-state index contributed by atoms with van der Waals surface area (Å²) in [5, 5.41) is 2.96. The molecule has 0 spiro atoms. The molecule has 0 heterocycles. The molecule has 3 nitrogen and oxygen atoms in total. The average Bonchev–Trinajstić information content (AvgIpc) is 2.54. The minimum atomic E-state index is 0.0274. The summed E-state index contributed by atoms with van der Waals surface area (Å²) in [6, 6.07) is 15.9. The number of carbonyl (C=O) groups is 1. The summed E-state index contributed by atoms with van der Waals surface area (Å²) in [7, 11) is 0. The zero-order chi connectivity index (χ0) is 15.8. The van der Waals surface area contributed by atoms with Crippen LogP contribution in [0, 0.1) is 0 Å². The molecule has 22 heavy (non-hydrogen) atoms. The second kappa shape index (κ2) is 8.23. The molecule has 2 aromatic rings. The molecule has 0 saturated heterocycles. The van der Waals surface area contributed by atoms with E-state index in [-0.39, 0.29) is 5.91 Å². The second-order valence-corrected chi connectivity index (χ2v) is 5.14. The van der Waals surface area contributed by atoms with Gasteiger partial charge in [-0.2, -0.15) is 0 Å². The summed E-state index contributed by atoms with van der Waals surface area (Å²) in [5.41, 5.74) is 3.16. The van der Waals surface area contributed by atoms with E-state index < -0.39 is 0 Å². The molecule has 0 aliphatic rings. The maximum Gasteiger partial charge on any atom is 0.224 e. The van der Waals surface area contributed by atoms with Gasteiger partial charge in [-0.15, -0.1) is 0 Å². The van der Waals surface area contributed by atoms with E-state index in [4.69, 9.17) is 4.74 Å². The van der Waals surface area contributed by atoms with Crippen LogP contribution in [0.5, 0.6) is 5.75 Å². The summed E-state index contributed by atoms with van der Waals surface area (Å²) in [5.74, 6) is 0.894. The van der Waals surface area contributed by atoms with Gasteiger partial charge in [0.25, 0.3) is 0 Å². The zero-order valence-electron chi connectivity index (χ0n) is 13.3. The van der Waals surface area contributed by atoms with Crippen molar-refractivity contribution < 1.29 is 9.53 Å². The maximum absolute atomic E-state index is 12.1. The van der Waals surface area contributed by atoms with Crippen LogP contribution in [0.4, 0.5) is 5.69 Å². The van der Waals surface area contributed by atoms with Gasteiger partial charge < -0.3 is 10.1 Å². The highest BCUT2D eigenvalue weighted by Gasteiger charge is 2.07. The van der Waals surface area contributed by atoms with E-state index >= 15 is 0 Å². The summed E-state index contributed by atoms with van der Waals surface area (Å²) in [6.45, 7) is 4.70. The number of hydrogen-bond acceptors (Lipinski definition) is 2. The van der Waals surface area contributed by atoms with Crippen molar-refractivity contribution in [1.29, 1.82) is 0 Å². The molecule has 0 saturated carbocycles. The Balaban J connectivity index is 1.92. The molecule has 0 fully saturated rings. The van der Waals surface area contributed by atoms with Gasteiger partial charge in [-0.05, 0) is 49.1 Å². The predicted molar refractivity (Wildman–Crippen MR) is 90.4 cm³/mol. The van der Waals surface area contributed by atoms with Crippen molar-refractivity contribution in [2.75, 3.05) is 11.9 Å². The van der Waals surface area contributed by atoms with E-state index in [9.17, 15) is 4.79 Å². The average molecular weight is 297 g/mol. The predicted octanol–water partition coefficient (Wildman–Crippen LogP) is 4.22. The van der Waals surface area contributed by atoms with Crippen LogP contribution in [0.3, 0.4) is 0 Å². The van der Waals surface area contributed by atoms with Crippen LogP contribution >= 0.6 is 0 Å². The van der Waals surface area contributed by atoms with E-state index in [0.717, 1.165) is 23.4 Å². The lowest BCUT2D eigenvalue weighted by Gasteiger charge is -2.10. The van der Waals surface area contributed by atoms with Crippen LogP contribution in [0.1, 0.15) is 31.4 Å². The van der Waals surface area contributed by atoms with Crippen molar-refractivity contribution in [2.24, 2.45) is 0 Å². The van der Waals surface area contributed by atoms with Crippen LogP contribution in [-0.4, -0.2) is 12.5 Å². The lowest BCUT2D eigenvalue weighted by molar-refractivity contribution is -0.116. The molecule has 1 amide bonds. The zero-order valence-corrected chi connectivity index (χ0v) is 13.3. The Morgan fingerprint density at radius 2 is 1.91 bits per heavy atom. The van der Waals surface area contributed by atoms with Crippen LogP contribution in [-0.2, 0) is 17.6 Å². The number of nitrogens with one attached hydrogen (secondary N) is 1. The van der Waals surface area contributed by atoms with E-state index in [2.05, 4.69) is 18.3 Å². The van der Waals surface area contributed by atoms with Gasteiger partial charge in [0.15, 0.2) is 0 Å². The molecule has 0 aliphatic heterocycles. The fraction of sp³-hybridized carbons (Fsp3) is 0.316. The van der Waals surface area contributed by atoms with Gasteiger partial charge in [0.1, 0.15) is 5.75 Å². The van der Waals surface area contributed by atoms with E-state index in [1.54, 1.807) is 0 Å². The smallest absolute Gasteiger partial charge is 0.224 e. The molecule has 3 heteroatoms. The fourth-order valence-electron chi connectivity index (χ4n) is 2.35. The van der Waals surface area contributed by atoms with E-state index in [1.165, 1.54) is 5.56 Å². The number of para-hydroxylation sites is 1. The van der Waals surface area contributed by atoms with Crippen molar-refractivity contribution >= 4 is 11.6 Å². The third kappa shape index (κ3) is 4.62. The SMILES string of the molecule is CCOc1ccccc1CCC(=O)Nc1cccc(CC)c1. The van der Waals surface area contributed by atoms with E-state index in [1.807, 2.05) is 49.4 Å². The van der Waals surface area contributed by atoms with E-state index in [0.29, 0.717) is 19.4 Å². The Bertz CT molecular complexity index is 622. The molecule has 116 valence electrons. The molecule has 2 aromatic carbocycles. The maximum atomic E-state index is 12.1. The minimum absolute atomic E-state index is 0.0274. The molecule has 0 aromatic heterocycles. The molecule has 0 atom stereocenters. The Hall–Kier alpha value is -2.29. The topological polar surface area (TPSA) is 38.3 Å². The summed E-state index contributed by atoms with van der Waals surface area (Å²) < 4.78 is 5.59. The second-order valence-electron chi connectivity index (χ2n) is 5.14. The summed E-state index contributed by atoms with van der Waals surface area (Å²) >= 11 is 0. The van der Waals surface area contributed by atoms with Crippen LogP contribution in [0.15, 0.2) is 48.5 Å². The lowest BCUT2D eigenvalue weighted by atomic mass is 10.1. The summed E-state index contributed by atoms with van der Waals surface area (Å²) in [4.78, 5) is 12.1. The molecule has 0 bridgehead atoms. The Labute approximate surface area is 132 Å². The van der Waals surface area contributed by atoms with Gasteiger partial charge in [0.2, 0.25) is 5.91 Å². The Kier molecular flexibility index (Phi) is 6.01. The molecule has 1 N–H and O–H groups in total. The number of aryl methyl sites for hydroxylation is 2. The molecular weight excluding hydrogens is 274 g/mol. The number of carbonyl (C=O) groups excluding carboxylic acids is 1. The standard InChI is InChI=1S/C19H23NO2/c1-3-15-8-7-10-17(14-15)20-19(21)13-12-16-9-5-6-11-18(16)22-4-2/h5-11,14H,3-4,12-13H2,1-2H3,(H,20,21). The van der Waals surface area contributed by atoms with Gasteiger partial charge in [0, 0.05) is 12.1 Å². The monoisotopic (exact) mass is 297 g/mol. The molecular formula is C19H23NO2. The first-order valence-corrected chi connectivity index (χ1v) is 7.82. The highest BCUT2D eigenvalue weighted by Crippen LogP contribution is 2.20. The van der Waals surface area contributed by atoms with Gasteiger partial charge in [-0.25, -0.2) is 0 Å². The number of hydrogen-bond donors (Lipinski definition) is 1. The first-order chi connectivity index (χ1) is 10.7. The first kappa shape index (κ1) is 16.1. The first-order valence-electron chi connectivity index (χ1n) is 7.82. The number of ether oxygens (including phenoxy) is 1. The summed E-state index contributed by atoms with van der Waals surface area (Å²) in [6.07, 6.45) is 2.08. The van der Waals surface area contributed by atoms with Crippen molar-refractivity contribution in [3.8, 4) is 5.75 Å². The number of benzene rings is 2. The van der Waals surface area contributed by atoms with Gasteiger partial charge >= 0.3 is 0 Å². The number of amides is 1. The van der Waals surface area contributed by atoms with Crippen molar-refractivity contribution in [2.45, 2.75) is 33.1 Å². The van der Waals surface area contributed by atoms with Crippen molar-refractivity contribution in [1.82, 2.24) is 0 Å². The third-order valence-corrected chi connectivity index (χ3v) is 3.51. The van der Waals surface area contributed by atoms with Crippen LogP contribution in [0.25, 0.3) is 0 Å². The Morgan fingerprint density at radius 3 is 2.68 bits per heavy atom. The molecule has 0 unspecified atom stereocenters. The highest BCUT2D eigenvalue weighted by atomic mass is 16.5. The van der Waals surface area contributed by atoms with Crippen molar-refractivity contribution in [3.05, 3.63) is 59.7 Å². The fourth-order valence-corrected chi connectivity index (χ4v) is 2.35. The molecule has 2 rings (SSSR count). The van der Waals surface area contributed by atoms with Gasteiger partial charge in [-0.3, -0.25) is 4.79 Å². The van der Waals surface area contributed by atoms with Crippen LogP contribution < -0.4 is 10.1 Å². The molecule has 0 radical (unpaired) electrons. The highest BCUT2D eigenvalue weighted by molar-refractivity contribution is 5.90. The Morgan fingerprint density at radius 1 is 1.09 bits per heavy atom. The lowest BCUT2D eigenvalue weighted by Crippen LogP contribution is -2.12. The third-order valence-electron chi connectivity index (χ3n) is 3.51.